The highest BCUT2D eigenvalue weighted by atomic mass is 16.5. The van der Waals surface area contributed by atoms with Gasteiger partial charge in [0.1, 0.15) is 0 Å². The lowest BCUT2D eigenvalue weighted by Crippen LogP contribution is -2.63. The van der Waals surface area contributed by atoms with E-state index in [1.54, 1.807) is 0 Å². The molecule has 1 N–H and O–H groups in total. The fourth-order valence-corrected chi connectivity index (χ4v) is 5.52. The molecule has 188 valence electrons. The molecule has 2 aromatic carbocycles. The van der Waals surface area contributed by atoms with Gasteiger partial charge in [-0.05, 0) is 49.9 Å². The third-order valence-electron chi connectivity index (χ3n) is 7.61. The molecule has 0 bridgehead atoms. The van der Waals surface area contributed by atoms with E-state index in [-0.39, 0.29) is 23.5 Å². The van der Waals surface area contributed by atoms with E-state index in [1.165, 1.54) is 18.2 Å². The summed E-state index contributed by atoms with van der Waals surface area (Å²) in [6.45, 7) is 4.54. The summed E-state index contributed by atoms with van der Waals surface area (Å²) in [5.74, 6) is -0.147. The number of amides is 2. The summed E-state index contributed by atoms with van der Waals surface area (Å²) in [6.07, 6.45) is 6.54. The first-order valence-corrected chi connectivity index (χ1v) is 13.0. The summed E-state index contributed by atoms with van der Waals surface area (Å²) in [5, 5.41) is 3.07. The van der Waals surface area contributed by atoms with Crippen LogP contribution in [0.5, 0.6) is 0 Å². The van der Waals surface area contributed by atoms with Crippen LogP contribution in [0, 0.1) is 5.41 Å². The SMILES string of the molecule is COC(=O)CCCCCCNC(=O)N1CC2(CCN(C(c3ccccc3)c3ccccc3)CC2)C1. The Morgan fingerprint density at radius 1 is 0.886 bits per heavy atom. The second-order valence-electron chi connectivity index (χ2n) is 10.1. The largest absolute Gasteiger partial charge is 0.469 e. The van der Waals surface area contributed by atoms with Crippen molar-refractivity contribution in [2.45, 2.75) is 51.0 Å². The number of carbonyl (C=O) groups is 2. The fourth-order valence-electron chi connectivity index (χ4n) is 5.52. The Bertz CT molecular complexity index is 895. The van der Waals surface area contributed by atoms with Crippen molar-refractivity contribution in [1.29, 1.82) is 0 Å². The fraction of sp³-hybridized carbons (Fsp3) is 0.517. The summed E-state index contributed by atoms with van der Waals surface area (Å²) < 4.78 is 4.66. The maximum atomic E-state index is 12.6. The number of likely N-dealkylation sites (tertiary alicyclic amines) is 2. The van der Waals surface area contributed by atoms with Gasteiger partial charge in [0.2, 0.25) is 0 Å². The van der Waals surface area contributed by atoms with Gasteiger partial charge in [0, 0.05) is 31.5 Å². The van der Waals surface area contributed by atoms with Crippen LogP contribution >= 0.6 is 0 Å². The van der Waals surface area contributed by atoms with Gasteiger partial charge in [-0.25, -0.2) is 4.79 Å². The van der Waals surface area contributed by atoms with Gasteiger partial charge in [-0.3, -0.25) is 9.69 Å². The summed E-state index contributed by atoms with van der Waals surface area (Å²) in [4.78, 5) is 28.3. The van der Waals surface area contributed by atoms with Gasteiger partial charge in [0.25, 0.3) is 0 Å². The standard InChI is InChI=1S/C29H39N3O3/c1-35-26(33)16-10-2-3-11-19-30-28(34)32-22-29(23-32)17-20-31(21-18-29)27(24-12-6-4-7-13-24)25-14-8-5-9-15-25/h4-9,12-15,27H,2-3,10-11,16-23H2,1H3,(H,30,34). The van der Waals surface area contributed by atoms with Gasteiger partial charge >= 0.3 is 12.0 Å². The number of piperidine rings is 1. The van der Waals surface area contributed by atoms with Crippen molar-refractivity contribution in [1.82, 2.24) is 15.1 Å². The van der Waals surface area contributed by atoms with E-state index in [2.05, 4.69) is 75.6 Å². The zero-order valence-corrected chi connectivity index (χ0v) is 21.0. The summed E-state index contributed by atoms with van der Waals surface area (Å²) in [7, 11) is 1.42. The van der Waals surface area contributed by atoms with Crippen LogP contribution in [0.25, 0.3) is 0 Å². The van der Waals surface area contributed by atoms with Crippen molar-refractivity contribution in [3.05, 3.63) is 71.8 Å². The maximum Gasteiger partial charge on any atom is 0.317 e. The van der Waals surface area contributed by atoms with E-state index in [1.807, 2.05) is 4.90 Å². The van der Waals surface area contributed by atoms with Gasteiger partial charge < -0.3 is 15.0 Å². The van der Waals surface area contributed by atoms with Crippen LogP contribution in [-0.2, 0) is 9.53 Å². The average Bonchev–Trinajstić information content (AvgIpc) is 2.88. The number of nitrogens with zero attached hydrogens (tertiary/aromatic N) is 2. The van der Waals surface area contributed by atoms with Crippen LogP contribution in [0.1, 0.15) is 62.1 Å². The zero-order chi connectivity index (χ0) is 24.5. The van der Waals surface area contributed by atoms with E-state index < -0.39 is 0 Å². The Labute approximate surface area is 209 Å². The highest BCUT2D eigenvalue weighted by Crippen LogP contribution is 2.43. The molecule has 0 unspecified atom stereocenters. The van der Waals surface area contributed by atoms with Crippen molar-refractivity contribution in [3.8, 4) is 0 Å². The predicted molar refractivity (Wildman–Crippen MR) is 138 cm³/mol. The first-order valence-electron chi connectivity index (χ1n) is 13.0. The van der Waals surface area contributed by atoms with Crippen molar-refractivity contribution < 1.29 is 14.3 Å². The normalized spacial score (nSPS) is 17.3. The average molecular weight is 478 g/mol. The Morgan fingerprint density at radius 2 is 1.46 bits per heavy atom. The Hall–Kier alpha value is -2.86. The summed E-state index contributed by atoms with van der Waals surface area (Å²) in [6, 6.07) is 21.9. The van der Waals surface area contributed by atoms with Gasteiger partial charge in [0.15, 0.2) is 0 Å². The Kier molecular flexibility index (Phi) is 8.80. The molecule has 2 heterocycles. The number of benzene rings is 2. The van der Waals surface area contributed by atoms with Crippen LogP contribution in [0.15, 0.2) is 60.7 Å². The molecule has 2 amide bonds. The molecule has 6 nitrogen and oxygen atoms in total. The third-order valence-corrected chi connectivity index (χ3v) is 7.61. The number of carbonyl (C=O) groups excluding carboxylic acids is 2. The van der Waals surface area contributed by atoms with Crippen molar-refractivity contribution >= 4 is 12.0 Å². The van der Waals surface area contributed by atoms with Gasteiger partial charge in [0.05, 0.1) is 13.2 Å². The molecule has 0 atom stereocenters. The molecule has 4 rings (SSSR count). The van der Waals surface area contributed by atoms with Crippen LogP contribution in [0.3, 0.4) is 0 Å². The molecule has 2 aromatic rings. The number of urea groups is 1. The monoisotopic (exact) mass is 477 g/mol. The van der Waals surface area contributed by atoms with Crippen molar-refractivity contribution in [3.63, 3.8) is 0 Å². The van der Waals surface area contributed by atoms with Crippen molar-refractivity contribution in [2.75, 3.05) is 39.8 Å². The van der Waals surface area contributed by atoms with Crippen LogP contribution in [0.2, 0.25) is 0 Å². The molecule has 1 spiro atoms. The molecule has 2 aliphatic rings. The van der Waals surface area contributed by atoms with Gasteiger partial charge in [-0.15, -0.1) is 0 Å². The number of methoxy groups -OCH3 is 1. The first-order chi connectivity index (χ1) is 17.1. The van der Waals surface area contributed by atoms with Crippen LogP contribution in [0.4, 0.5) is 4.79 Å². The van der Waals surface area contributed by atoms with Gasteiger partial charge in [-0.1, -0.05) is 73.5 Å². The third kappa shape index (κ3) is 6.63. The molecule has 0 radical (unpaired) electrons. The number of nitrogens with one attached hydrogen (secondary N) is 1. The second kappa shape index (κ2) is 12.2. The second-order valence-corrected chi connectivity index (χ2v) is 10.1. The van der Waals surface area contributed by atoms with E-state index in [0.717, 1.165) is 64.7 Å². The Balaban J connectivity index is 1.19. The molecular weight excluding hydrogens is 438 g/mol. The molecule has 0 aromatic heterocycles. The molecular formula is C29H39N3O3. The predicted octanol–water partition coefficient (Wildman–Crippen LogP) is 5.01. The van der Waals surface area contributed by atoms with Crippen LogP contribution in [-0.4, -0.2) is 61.6 Å². The lowest BCUT2D eigenvalue weighted by Gasteiger charge is -2.54. The van der Waals surface area contributed by atoms with E-state index in [9.17, 15) is 9.59 Å². The number of hydrogen-bond donors (Lipinski definition) is 1. The molecule has 6 heteroatoms. The minimum absolute atomic E-state index is 0.0686. The highest BCUT2D eigenvalue weighted by molar-refractivity contribution is 5.75. The molecule has 2 aliphatic heterocycles. The molecule has 0 saturated carbocycles. The minimum atomic E-state index is -0.147. The first kappa shape index (κ1) is 25.2. The van der Waals surface area contributed by atoms with E-state index in [4.69, 9.17) is 0 Å². The lowest BCUT2D eigenvalue weighted by atomic mass is 9.71. The molecule has 35 heavy (non-hydrogen) atoms. The minimum Gasteiger partial charge on any atom is -0.469 e. The summed E-state index contributed by atoms with van der Waals surface area (Å²) in [5.41, 5.74) is 2.96. The zero-order valence-electron chi connectivity index (χ0n) is 21.0. The number of ether oxygens (including phenoxy) is 1. The number of rotatable bonds is 10. The lowest BCUT2D eigenvalue weighted by molar-refractivity contribution is -0.140. The Morgan fingerprint density at radius 3 is 2.03 bits per heavy atom. The smallest absolute Gasteiger partial charge is 0.317 e. The summed E-state index contributed by atoms with van der Waals surface area (Å²) >= 11 is 0. The van der Waals surface area contributed by atoms with E-state index in [0.29, 0.717) is 13.0 Å². The maximum absolute atomic E-state index is 12.6. The number of esters is 1. The van der Waals surface area contributed by atoms with Crippen molar-refractivity contribution in [2.24, 2.45) is 5.41 Å². The van der Waals surface area contributed by atoms with Crippen LogP contribution < -0.4 is 5.32 Å². The topological polar surface area (TPSA) is 61.9 Å². The molecule has 2 fully saturated rings. The molecule has 0 aliphatic carbocycles. The quantitative estimate of drug-likeness (QED) is 0.386. The number of hydrogen-bond acceptors (Lipinski definition) is 4. The molecule has 2 saturated heterocycles. The highest BCUT2D eigenvalue weighted by Gasteiger charge is 2.47. The van der Waals surface area contributed by atoms with E-state index >= 15 is 0 Å². The number of unbranched alkanes of at least 4 members (excludes halogenated alkanes) is 3. The van der Waals surface area contributed by atoms with Gasteiger partial charge in [-0.2, -0.15) is 0 Å².